The fraction of sp³-hybridized carbons (Fsp3) is 0.0435. The Morgan fingerprint density at radius 3 is 2.41 bits per heavy atom. The van der Waals surface area contributed by atoms with Gasteiger partial charge in [0.2, 0.25) is 0 Å². The maximum atomic E-state index is 13.2. The summed E-state index contributed by atoms with van der Waals surface area (Å²) in [5.74, 6) is -2.15. The highest BCUT2D eigenvalue weighted by Crippen LogP contribution is 2.32. The van der Waals surface area contributed by atoms with Crippen molar-refractivity contribution in [2.45, 2.75) is 0 Å². The first-order valence-electron chi connectivity index (χ1n) is 9.55. The van der Waals surface area contributed by atoms with Gasteiger partial charge in [-0.3, -0.25) is 9.59 Å². The van der Waals surface area contributed by atoms with Gasteiger partial charge in [0.05, 0.1) is 22.8 Å². The molecule has 0 aromatic heterocycles. The zero-order valence-corrected chi connectivity index (χ0v) is 21.9. The predicted molar refractivity (Wildman–Crippen MR) is 135 cm³/mol. The molecule has 0 aliphatic carbocycles. The number of halogens is 4. The molecule has 0 aliphatic heterocycles. The van der Waals surface area contributed by atoms with Crippen molar-refractivity contribution in [1.82, 2.24) is 10.7 Å². The summed E-state index contributed by atoms with van der Waals surface area (Å²) in [6.07, 6.45) is 1.30. The van der Waals surface area contributed by atoms with Gasteiger partial charge >= 0.3 is 5.97 Å². The second-order valence-electron chi connectivity index (χ2n) is 6.69. The van der Waals surface area contributed by atoms with E-state index < -0.39 is 23.6 Å². The van der Waals surface area contributed by atoms with Gasteiger partial charge in [-0.15, -0.1) is 0 Å². The summed E-state index contributed by atoms with van der Waals surface area (Å²) in [7, 11) is 0. The van der Waals surface area contributed by atoms with Crippen LogP contribution in [0.2, 0.25) is 0 Å². The molecule has 11 heteroatoms. The second kappa shape index (κ2) is 12.0. The second-order valence-corrected chi connectivity index (χ2v) is 9.38. The van der Waals surface area contributed by atoms with Gasteiger partial charge in [0.15, 0.2) is 5.75 Å². The third-order valence-electron chi connectivity index (χ3n) is 4.18. The molecule has 0 saturated carbocycles. The number of benzene rings is 3. The molecule has 7 nitrogen and oxygen atoms in total. The number of rotatable bonds is 7. The van der Waals surface area contributed by atoms with E-state index in [-0.39, 0.29) is 17.9 Å². The number of nitrogens with zero attached hydrogens (tertiary/aromatic N) is 1. The molecule has 34 heavy (non-hydrogen) atoms. The lowest BCUT2D eigenvalue weighted by Crippen LogP contribution is -2.34. The van der Waals surface area contributed by atoms with Gasteiger partial charge in [-0.25, -0.2) is 14.6 Å². The van der Waals surface area contributed by atoms with Crippen molar-refractivity contribution in [1.29, 1.82) is 0 Å². The molecule has 0 aliphatic rings. The quantitative estimate of drug-likeness (QED) is 0.158. The third-order valence-corrected chi connectivity index (χ3v) is 5.72. The summed E-state index contributed by atoms with van der Waals surface area (Å²) in [4.78, 5) is 36.6. The van der Waals surface area contributed by atoms with E-state index in [0.717, 1.165) is 10.5 Å². The van der Waals surface area contributed by atoms with E-state index in [4.69, 9.17) is 4.74 Å². The van der Waals surface area contributed by atoms with Crippen LogP contribution >= 0.6 is 47.8 Å². The lowest BCUT2D eigenvalue weighted by atomic mass is 10.2. The average molecular weight is 656 g/mol. The number of nitrogens with one attached hydrogen (secondary N) is 2. The molecule has 0 saturated heterocycles. The van der Waals surface area contributed by atoms with Gasteiger partial charge in [-0.05, 0) is 64.5 Å². The monoisotopic (exact) mass is 653 g/mol. The summed E-state index contributed by atoms with van der Waals surface area (Å²) >= 11 is 10.0. The number of hydrogen-bond donors (Lipinski definition) is 2. The highest BCUT2D eigenvalue weighted by atomic mass is 79.9. The molecule has 2 N–H and O–H groups in total. The number of hydrogen-bond acceptors (Lipinski definition) is 5. The van der Waals surface area contributed by atoms with Gasteiger partial charge in [0.1, 0.15) is 5.82 Å². The zero-order valence-electron chi connectivity index (χ0n) is 17.2. The number of carbonyl (C=O) groups is 3. The molecule has 3 aromatic carbocycles. The number of amides is 2. The SMILES string of the molecule is O=C(CNC(=O)c1cccc(F)c1)N/N=C/c1cc(Br)cc(Br)c1OC(=O)c1cccc(Br)c1. The molecule has 174 valence electrons. The van der Waals surface area contributed by atoms with Crippen molar-refractivity contribution in [3.63, 3.8) is 0 Å². The Morgan fingerprint density at radius 2 is 1.68 bits per heavy atom. The fourth-order valence-corrected chi connectivity index (χ4v) is 4.40. The minimum absolute atomic E-state index is 0.0900. The molecule has 3 rings (SSSR count). The van der Waals surface area contributed by atoms with Crippen molar-refractivity contribution in [2.75, 3.05) is 6.54 Å². The molecule has 0 radical (unpaired) electrons. The van der Waals surface area contributed by atoms with Crippen molar-refractivity contribution >= 4 is 71.8 Å². The van der Waals surface area contributed by atoms with Crippen LogP contribution in [-0.2, 0) is 4.79 Å². The van der Waals surface area contributed by atoms with E-state index in [9.17, 15) is 18.8 Å². The van der Waals surface area contributed by atoms with Crippen LogP contribution in [0, 0.1) is 5.82 Å². The maximum Gasteiger partial charge on any atom is 0.343 e. The Balaban J connectivity index is 1.65. The molecule has 0 heterocycles. The molecule has 0 bridgehead atoms. The molecule has 0 spiro atoms. The summed E-state index contributed by atoms with van der Waals surface area (Å²) < 4.78 is 20.7. The Hall–Kier alpha value is -2.89. The number of carbonyl (C=O) groups excluding carboxylic acids is 3. The summed E-state index contributed by atoms with van der Waals surface area (Å²) in [6.45, 7) is -0.375. The molecule has 0 unspecified atom stereocenters. The first-order chi connectivity index (χ1) is 16.2. The minimum atomic E-state index is -0.609. The normalized spacial score (nSPS) is 10.7. The maximum absolute atomic E-state index is 13.2. The van der Waals surface area contributed by atoms with Crippen molar-refractivity contribution in [2.24, 2.45) is 5.10 Å². The first-order valence-corrected chi connectivity index (χ1v) is 11.9. The van der Waals surface area contributed by atoms with Crippen LogP contribution in [0.1, 0.15) is 26.3 Å². The summed E-state index contributed by atoms with van der Waals surface area (Å²) in [6, 6.07) is 15.2. The highest BCUT2D eigenvalue weighted by Gasteiger charge is 2.16. The Kier molecular flexibility index (Phi) is 9.08. The minimum Gasteiger partial charge on any atom is -0.421 e. The number of ether oxygens (including phenoxy) is 1. The van der Waals surface area contributed by atoms with E-state index in [1.54, 1.807) is 36.4 Å². The molecule has 2 amide bonds. The first kappa shape index (κ1) is 25.7. The predicted octanol–water partition coefficient (Wildman–Crippen LogP) is 5.21. The average Bonchev–Trinajstić information content (AvgIpc) is 2.79. The molecular formula is C23H15Br3FN3O4. The number of hydrazone groups is 1. The Bertz CT molecular complexity index is 1280. The largest absolute Gasteiger partial charge is 0.421 e. The van der Waals surface area contributed by atoms with E-state index in [2.05, 4.69) is 63.6 Å². The van der Waals surface area contributed by atoms with Crippen LogP contribution in [-0.4, -0.2) is 30.5 Å². The topological polar surface area (TPSA) is 96.9 Å². The van der Waals surface area contributed by atoms with Gasteiger partial charge in [-0.2, -0.15) is 5.10 Å². The summed E-state index contributed by atoms with van der Waals surface area (Å²) in [5, 5.41) is 6.24. The van der Waals surface area contributed by atoms with Crippen LogP contribution in [0.15, 0.2) is 79.2 Å². The lowest BCUT2D eigenvalue weighted by molar-refractivity contribution is -0.120. The van der Waals surface area contributed by atoms with Crippen molar-refractivity contribution < 1.29 is 23.5 Å². The molecular weight excluding hydrogens is 641 g/mol. The van der Waals surface area contributed by atoms with Crippen LogP contribution < -0.4 is 15.5 Å². The van der Waals surface area contributed by atoms with Gasteiger partial charge in [0.25, 0.3) is 11.8 Å². The third kappa shape index (κ3) is 7.31. The molecule has 0 atom stereocenters. The van der Waals surface area contributed by atoms with Crippen LogP contribution in [0.3, 0.4) is 0 Å². The van der Waals surface area contributed by atoms with E-state index in [1.807, 2.05) is 0 Å². The van der Waals surface area contributed by atoms with Gasteiger partial charge < -0.3 is 10.1 Å². The van der Waals surface area contributed by atoms with Crippen LogP contribution in [0.4, 0.5) is 4.39 Å². The smallest absolute Gasteiger partial charge is 0.343 e. The molecule has 0 fully saturated rings. The number of esters is 1. The Morgan fingerprint density at radius 1 is 0.941 bits per heavy atom. The van der Waals surface area contributed by atoms with E-state index in [1.165, 1.54) is 24.4 Å². The van der Waals surface area contributed by atoms with Gasteiger partial charge in [-0.1, -0.05) is 44.0 Å². The van der Waals surface area contributed by atoms with Gasteiger partial charge in [0, 0.05) is 20.1 Å². The summed E-state index contributed by atoms with van der Waals surface area (Å²) in [5.41, 5.74) is 3.10. The van der Waals surface area contributed by atoms with Crippen molar-refractivity contribution in [3.8, 4) is 5.75 Å². The fourth-order valence-electron chi connectivity index (χ4n) is 2.66. The van der Waals surface area contributed by atoms with Crippen LogP contribution in [0.25, 0.3) is 0 Å². The standard InChI is InChI=1S/C23H15Br3FN3O4/c24-16-5-1-4-14(7-16)23(33)34-21-15(8-17(25)10-19(21)26)11-29-30-20(31)12-28-22(32)13-3-2-6-18(27)9-13/h1-11H,12H2,(H,28,32)(H,30,31)/b29-11+. The Labute approximate surface area is 219 Å². The van der Waals surface area contributed by atoms with Crippen LogP contribution in [0.5, 0.6) is 5.75 Å². The van der Waals surface area contributed by atoms with E-state index in [0.29, 0.717) is 20.1 Å². The van der Waals surface area contributed by atoms with E-state index >= 15 is 0 Å². The lowest BCUT2D eigenvalue weighted by Gasteiger charge is -2.11. The molecule has 3 aromatic rings. The highest BCUT2D eigenvalue weighted by molar-refractivity contribution is 9.11. The van der Waals surface area contributed by atoms with Crippen molar-refractivity contribution in [3.05, 3.63) is 96.6 Å². The zero-order chi connectivity index (χ0) is 24.7.